The Morgan fingerprint density at radius 1 is 1.18 bits per heavy atom. The Balaban J connectivity index is 0.000000341. The molecular weight excluding hydrogens is 704 g/mol. The van der Waals surface area contributed by atoms with Crippen LogP contribution in [0.15, 0.2) is 59.9 Å². The van der Waals surface area contributed by atoms with Crippen LogP contribution < -0.4 is 10.3 Å². The number of alkyl halides is 3. The molecule has 2 aromatic carbocycles. The van der Waals surface area contributed by atoms with Crippen molar-refractivity contribution >= 4 is 55.5 Å². The number of imidazole rings is 1. The molecule has 0 amide bonds. The van der Waals surface area contributed by atoms with Crippen molar-refractivity contribution in [3.63, 3.8) is 0 Å². The highest BCUT2D eigenvalue weighted by molar-refractivity contribution is 7.98. The molecule has 0 aliphatic carbocycles. The molecule has 5 rings (SSSR count). The van der Waals surface area contributed by atoms with Crippen molar-refractivity contribution in [3.05, 3.63) is 71.0 Å². The molecule has 11 nitrogen and oxygen atoms in total. The van der Waals surface area contributed by atoms with Gasteiger partial charge in [-0.3, -0.25) is 9.36 Å². The summed E-state index contributed by atoms with van der Waals surface area (Å²) in [5, 5.41) is 1.42. The third-order valence-corrected chi connectivity index (χ3v) is 9.56. The van der Waals surface area contributed by atoms with Gasteiger partial charge in [-0.15, -0.1) is 11.8 Å². The van der Waals surface area contributed by atoms with Crippen LogP contribution in [0, 0.1) is 5.92 Å². The van der Waals surface area contributed by atoms with Gasteiger partial charge in [-0.25, -0.2) is 14.6 Å². The quantitative estimate of drug-likeness (QED) is 0.0651. The maximum atomic E-state index is 12.3. The molecule has 0 saturated carbocycles. The smallest absolute Gasteiger partial charge is 0.416 e. The van der Waals surface area contributed by atoms with Crippen LogP contribution in [0.25, 0.3) is 11.2 Å². The molecule has 0 radical (unpaired) electrons. The number of thioether (sulfide) groups is 1. The van der Waals surface area contributed by atoms with Crippen molar-refractivity contribution in [1.82, 2.24) is 24.2 Å². The van der Waals surface area contributed by atoms with E-state index in [-0.39, 0.29) is 42.8 Å². The van der Waals surface area contributed by atoms with E-state index in [2.05, 4.69) is 33.5 Å². The fraction of sp³-hybridized carbons (Fsp3) is 0.438. The fourth-order valence-electron chi connectivity index (χ4n) is 4.69. The van der Waals surface area contributed by atoms with Crippen molar-refractivity contribution in [2.45, 2.75) is 64.3 Å². The van der Waals surface area contributed by atoms with Crippen LogP contribution in [-0.2, 0) is 31.6 Å². The molecule has 2 aromatic heterocycles. The zero-order chi connectivity index (χ0) is 36.1. The number of halogens is 4. The van der Waals surface area contributed by atoms with Gasteiger partial charge in [0.15, 0.2) is 5.65 Å². The van der Waals surface area contributed by atoms with Gasteiger partial charge in [0.25, 0.3) is 6.47 Å². The van der Waals surface area contributed by atoms with Crippen LogP contribution in [0.5, 0.6) is 5.75 Å². The molecule has 2 N–H and O–H groups in total. The number of benzene rings is 2. The monoisotopic (exact) mass is 744 g/mol. The maximum Gasteiger partial charge on any atom is 0.416 e. The van der Waals surface area contributed by atoms with Gasteiger partial charge in [0.05, 0.1) is 24.6 Å². The molecule has 0 spiro atoms. The molecule has 1 saturated heterocycles. The summed E-state index contributed by atoms with van der Waals surface area (Å²) in [6.45, 7) is 9.19. The highest BCUT2D eigenvalue weighted by Crippen LogP contribution is 2.44. The lowest BCUT2D eigenvalue weighted by atomic mass is 10.1. The number of carbonyl (C=O) groups is 1. The van der Waals surface area contributed by atoms with E-state index in [1.54, 1.807) is 18.5 Å². The fourth-order valence-corrected chi connectivity index (χ4v) is 6.55. The number of ether oxygens (including phenoxy) is 2. The first-order valence-corrected chi connectivity index (χ1v) is 18.2. The second kappa shape index (κ2) is 19.3. The second-order valence-corrected chi connectivity index (χ2v) is 13.2. The lowest BCUT2D eigenvalue weighted by Crippen LogP contribution is -2.21. The Hall–Kier alpha value is -3.20. The number of rotatable bonds is 12. The van der Waals surface area contributed by atoms with Crippen molar-refractivity contribution in [3.8, 4) is 5.75 Å². The highest BCUT2D eigenvalue weighted by atomic mass is 35.5. The molecule has 4 unspecified atom stereocenters. The standard InChI is InChI=1S/C21H28ClN6O3PS.C9H7F3O2.C2H6/c1-5-27(3)32(31-15-8-6-14(22)7-9-15)29-11-16-10-13(2)20(30-16)28-12-24-17-18(28)25-21(23)26-19(17)33-4;10-9(11,12)8-4-2-1-3-7(8)5-14-6-13;1-2/h6-9,12-13,16,20H,5,10-11H2,1-4H3,(H2,23,25,26);1-4,6H,5H2;1-2H3. The van der Waals surface area contributed by atoms with E-state index < -0.39 is 20.3 Å². The van der Waals surface area contributed by atoms with Crippen molar-refractivity contribution < 1.29 is 36.5 Å². The number of anilines is 1. The summed E-state index contributed by atoms with van der Waals surface area (Å²) in [5.74, 6) is 1.19. The molecule has 268 valence electrons. The Morgan fingerprint density at radius 2 is 1.88 bits per heavy atom. The number of nitrogens with zero attached hydrogens (tertiary/aromatic N) is 5. The minimum Gasteiger partial charge on any atom is -0.463 e. The predicted octanol–water partition coefficient (Wildman–Crippen LogP) is 8.39. The molecule has 17 heteroatoms. The zero-order valence-electron chi connectivity index (χ0n) is 28.1. The minimum atomic E-state index is -4.41. The Morgan fingerprint density at radius 3 is 2.51 bits per heavy atom. The average molecular weight is 745 g/mol. The normalized spacial score (nSPS) is 17.9. The molecule has 49 heavy (non-hydrogen) atoms. The van der Waals surface area contributed by atoms with Crippen molar-refractivity contribution in [2.75, 3.05) is 32.2 Å². The second-order valence-electron chi connectivity index (χ2n) is 10.4. The molecule has 1 aliphatic heterocycles. The summed E-state index contributed by atoms with van der Waals surface area (Å²) in [6.07, 6.45) is -0.154. The number of hydrogen-bond donors (Lipinski definition) is 1. The Bertz CT molecular complexity index is 1620. The molecule has 3 heterocycles. The van der Waals surface area contributed by atoms with Crippen LogP contribution in [0.2, 0.25) is 5.02 Å². The maximum absolute atomic E-state index is 12.3. The summed E-state index contributed by atoms with van der Waals surface area (Å²) >= 11 is 7.48. The van der Waals surface area contributed by atoms with Crippen LogP contribution in [-0.4, -0.2) is 63.2 Å². The van der Waals surface area contributed by atoms with Gasteiger partial charge in [0, 0.05) is 23.0 Å². The first kappa shape index (κ1) is 40.2. The molecular formula is C32H41ClF3N6O5PS. The molecule has 1 aliphatic rings. The van der Waals surface area contributed by atoms with Gasteiger partial charge >= 0.3 is 14.7 Å². The van der Waals surface area contributed by atoms with E-state index >= 15 is 0 Å². The highest BCUT2D eigenvalue weighted by Gasteiger charge is 2.36. The van der Waals surface area contributed by atoms with E-state index in [4.69, 9.17) is 31.1 Å². The number of fused-ring (bicyclic) bond motifs is 1. The molecule has 4 atom stereocenters. The van der Waals surface area contributed by atoms with Crippen LogP contribution in [0.1, 0.15) is 51.5 Å². The Labute approximate surface area is 294 Å². The Kier molecular flexibility index (Phi) is 15.8. The van der Waals surface area contributed by atoms with Crippen molar-refractivity contribution in [1.29, 1.82) is 0 Å². The van der Waals surface area contributed by atoms with Crippen LogP contribution >= 0.6 is 31.9 Å². The third kappa shape index (κ3) is 11.1. The lowest BCUT2D eigenvalue weighted by molar-refractivity contribution is -0.140. The van der Waals surface area contributed by atoms with E-state index in [9.17, 15) is 18.0 Å². The van der Waals surface area contributed by atoms with E-state index in [1.165, 1.54) is 30.0 Å². The molecule has 4 aromatic rings. The average Bonchev–Trinajstić information content (AvgIpc) is 3.69. The van der Waals surface area contributed by atoms with Gasteiger partial charge in [0.1, 0.15) is 29.1 Å². The topological polar surface area (TPSA) is 127 Å². The summed E-state index contributed by atoms with van der Waals surface area (Å²) in [6, 6.07) is 12.3. The number of nitrogens with two attached hydrogens (primary N) is 1. The molecule has 1 fully saturated rings. The SMILES string of the molecule is CC.CCN(C)P(OCC1CC(C)C(n2cnc3c(SC)nc(N)nc32)O1)Oc1ccc(Cl)cc1.O=COCc1ccccc1C(F)(F)F. The summed E-state index contributed by atoms with van der Waals surface area (Å²) in [5.41, 5.74) is 6.51. The van der Waals surface area contributed by atoms with Crippen LogP contribution in [0.4, 0.5) is 19.1 Å². The largest absolute Gasteiger partial charge is 0.463 e. The van der Waals surface area contributed by atoms with Gasteiger partial charge in [-0.05, 0) is 50.1 Å². The minimum absolute atomic E-state index is 0.0490. The predicted molar refractivity (Wildman–Crippen MR) is 186 cm³/mol. The number of aromatic nitrogens is 4. The summed E-state index contributed by atoms with van der Waals surface area (Å²) in [7, 11) is 0.694. The lowest BCUT2D eigenvalue weighted by Gasteiger charge is -2.26. The van der Waals surface area contributed by atoms with Gasteiger partial charge in [0.2, 0.25) is 5.95 Å². The molecule has 0 bridgehead atoms. The summed E-state index contributed by atoms with van der Waals surface area (Å²) < 4.78 is 64.0. The van der Waals surface area contributed by atoms with E-state index in [1.807, 2.05) is 48.5 Å². The van der Waals surface area contributed by atoms with Crippen molar-refractivity contribution in [2.24, 2.45) is 5.92 Å². The summed E-state index contributed by atoms with van der Waals surface area (Å²) in [4.78, 5) is 23.0. The first-order valence-electron chi connectivity index (χ1n) is 15.4. The van der Waals surface area contributed by atoms with Gasteiger partial charge in [-0.1, -0.05) is 57.5 Å². The van der Waals surface area contributed by atoms with E-state index in [0.29, 0.717) is 17.3 Å². The zero-order valence-corrected chi connectivity index (χ0v) is 30.5. The van der Waals surface area contributed by atoms with Gasteiger partial charge < -0.3 is 24.3 Å². The van der Waals surface area contributed by atoms with Gasteiger partial charge in [-0.2, -0.15) is 18.2 Å². The number of hydrogen-bond acceptors (Lipinski definition) is 11. The number of carbonyl (C=O) groups excluding carboxylic acids is 1. The third-order valence-electron chi connectivity index (χ3n) is 7.06. The van der Waals surface area contributed by atoms with E-state index in [0.717, 1.165) is 35.3 Å². The van der Waals surface area contributed by atoms with Crippen LogP contribution in [0.3, 0.4) is 0 Å². The number of nitrogen functional groups attached to an aromatic ring is 1. The first-order chi connectivity index (χ1) is 23.4.